The number of rotatable bonds is 5. The van der Waals surface area contributed by atoms with Gasteiger partial charge in [0, 0.05) is 33.2 Å². The van der Waals surface area contributed by atoms with Gasteiger partial charge in [-0.15, -0.1) is 0 Å². The highest BCUT2D eigenvalue weighted by Gasteiger charge is 2.31. The summed E-state index contributed by atoms with van der Waals surface area (Å²) in [4.78, 5) is 14.7. The second-order valence-electron chi connectivity index (χ2n) is 11.4. The summed E-state index contributed by atoms with van der Waals surface area (Å²) >= 11 is 0. The van der Waals surface area contributed by atoms with Crippen LogP contribution in [-0.4, -0.2) is 19.5 Å². The zero-order valence-electron chi connectivity index (χ0n) is 25.2. The number of halogens is 4. The maximum atomic E-state index is 14.6. The van der Waals surface area contributed by atoms with Crippen LogP contribution in [0.25, 0.3) is 72.8 Å². The number of aromatic nitrogens is 4. The van der Waals surface area contributed by atoms with E-state index in [1.54, 1.807) is 12.1 Å². The van der Waals surface area contributed by atoms with Crippen LogP contribution in [0.4, 0.5) is 17.6 Å². The highest BCUT2D eigenvalue weighted by molar-refractivity contribution is 6.09. The fraction of sp³-hybridized carbons (Fsp3) is 0.0250. The van der Waals surface area contributed by atoms with Gasteiger partial charge in [-0.3, -0.25) is 0 Å². The first-order chi connectivity index (χ1) is 23.3. The van der Waals surface area contributed by atoms with Gasteiger partial charge in [-0.2, -0.15) is 13.2 Å². The summed E-state index contributed by atoms with van der Waals surface area (Å²) in [5.41, 5.74) is 4.37. The van der Waals surface area contributed by atoms with Crippen LogP contribution in [0.2, 0.25) is 0 Å². The molecule has 0 atom stereocenters. The van der Waals surface area contributed by atoms with Crippen molar-refractivity contribution in [3.8, 4) is 51.0 Å². The fourth-order valence-corrected chi connectivity index (χ4v) is 6.12. The molecule has 48 heavy (non-hydrogen) atoms. The Kier molecular flexibility index (Phi) is 7.06. The lowest BCUT2D eigenvalue weighted by molar-refractivity contribution is -0.137. The minimum absolute atomic E-state index is 0.334. The third-order valence-corrected chi connectivity index (χ3v) is 8.34. The topological polar surface area (TPSA) is 43.6 Å². The number of nitrogens with zero attached hydrogens (tertiary/aromatic N) is 4. The standard InChI is InChI=1S/C40H24F4N4/c41-29-15-9-14-27(22-29)31-21-19-30(48-35-17-8-7-16-32(35)33-20-18-28(23-36(33)48)40(42,43)44)24-34(31)39-46-37(25-10-3-1-4-11-25)45-38(47-39)26-12-5-2-6-13-26/h1-24H. The van der Waals surface area contributed by atoms with Crippen molar-refractivity contribution in [2.24, 2.45) is 0 Å². The van der Waals surface area contributed by atoms with Crippen LogP contribution in [0.3, 0.4) is 0 Å². The summed E-state index contributed by atoms with van der Waals surface area (Å²) in [6.07, 6.45) is -4.52. The SMILES string of the molecule is Fc1cccc(-c2ccc(-n3c4ccccc4c4ccc(C(F)(F)F)cc43)cc2-c2nc(-c3ccccc3)nc(-c3ccccc3)n2)c1. The largest absolute Gasteiger partial charge is 0.416 e. The van der Waals surface area contributed by atoms with E-state index in [1.807, 2.05) is 108 Å². The van der Waals surface area contributed by atoms with Gasteiger partial charge in [0.05, 0.1) is 16.6 Å². The molecule has 0 saturated carbocycles. The second-order valence-corrected chi connectivity index (χ2v) is 11.4. The third kappa shape index (κ3) is 5.27. The van der Waals surface area contributed by atoms with Crippen molar-refractivity contribution in [3.05, 3.63) is 157 Å². The second kappa shape index (κ2) is 11.6. The summed E-state index contributed by atoms with van der Waals surface area (Å²) in [6, 6.07) is 42.1. The predicted octanol–water partition coefficient (Wildman–Crippen LogP) is 10.8. The molecule has 2 heterocycles. The van der Waals surface area contributed by atoms with Crippen LogP contribution in [0.5, 0.6) is 0 Å². The van der Waals surface area contributed by atoms with E-state index in [1.165, 1.54) is 24.3 Å². The smallest absolute Gasteiger partial charge is 0.309 e. The highest BCUT2D eigenvalue weighted by Crippen LogP contribution is 2.39. The molecular weight excluding hydrogens is 612 g/mol. The average molecular weight is 637 g/mol. The first kappa shape index (κ1) is 29.3. The number of para-hydroxylation sites is 1. The van der Waals surface area contributed by atoms with E-state index in [2.05, 4.69) is 0 Å². The van der Waals surface area contributed by atoms with Gasteiger partial charge in [0.2, 0.25) is 0 Å². The molecule has 4 nitrogen and oxygen atoms in total. The quantitative estimate of drug-likeness (QED) is 0.177. The molecule has 8 aromatic rings. The number of hydrogen-bond acceptors (Lipinski definition) is 3. The van der Waals surface area contributed by atoms with E-state index in [9.17, 15) is 17.6 Å². The summed E-state index contributed by atoms with van der Waals surface area (Å²) in [6.45, 7) is 0. The summed E-state index contributed by atoms with van der Waals surface area (Å²) < 4.78 is 58.3. The molecule has 0 unspecified atom stereocenters. The first-order valence-corrected chi connectivity index (χ1v) is 15.2. The van der Waals surface area contributed by atoms with Crippen molar-refractivity contribution in [2.75, 3.05) is 0 Å². The van der Waals surface area contributed by atoms with Gasteiger partial charge in [-0.1, -0.05) is 103 Å². The minimum atomic E-state index is -4.52. The Hall–Kier alpha value is -6.15. The van der Waals surface area contributed by atoms with Gasteiger partial charge in [0.1, 0.15) is 5.82 Å². The van der Waals surface area contributed by atoms with Gasteiger partial charge >= 0.3 is 6.18 Å². The summed E-state index contributed by atoms with van der Waals surface area (Å²) in [5.74, 6) is 0.819. The van der Waals surface area contributed by atoms with Gasteiger partial charge < -0.3 is 4.57 Å². The maximum Gasteiger partial charge on any atom is 0.416 e. The molecule has 2 aromatic heterocycles. The molecule has 8 heteroatoms. The molecule has 0 bridgehead atoms. The van der Waals surface area contributed by atoms with Crippen molar-refractivity contribution in [3.63, 3.8) is 0 Å². The Balaban J connectivity index is 1.43. The Morgan fingerprint density at radius 2 is 1.06 bits per heavy atom. The fourth-order valence-electron chi connectivity index (χ4n) is 6.12. The first-order valence-electron chi connectivity index (χ1n) is 15.2. The number of fused-ring (bicyclic) bond motifs is 3. The normalized spacial score (nSPS) is 11.8. The molecule has 0 saturated heterocycles. The van der Waals surface area contributed by atoms with Gasteiger partial charge in [-0.25, -0.2) is 19.3 Å². The Morgan fingerprint density at radius 1 is 0.458 bits per heavy atom. The van der Waals surface area contributed by atoms with Crippen LogP contribution in [-0.2, 0) is 6.18 Å². The molecule has 0 amide bonds. The minimum Gasteiger partial charge on any atom is -0.309 e. The summed E-state index contributed by atoms with van der Waals surface area (Å²) in [7, 11) is 0. The lowest BCUT2D eigenvalue weighted by Gasteiger charge is -2.16. The number of benzene rings is 6. The summed E-state index contributed by atoms with van der Waals surface area (Å²) in [5, 5.41) is 1.50. The molecule has 0 aliphatic heterocycles. The van der Waals surface area contributed by atoms with Crippen molar-refractivity contribution in [2.45, 2.75) is 6.18 Å². The molecule has 0 spiro atoms. The number of alkyl halides is 3. The van der Waals surface area contributed by atoms with Gasteiger partial charge in [0.15, 0.2) is 17.5 Å². The zero-order valence-corrected chi connectivity index (χ0v) is 25.2. The molecule has 0 radical (unpaired) electrons. The Morgan fingerprint density at radius 3 is 1.73 bits per heavy atom. The van der Waals surface area contributed by atoms with Gasteiger partial charge in [-0.05, 0) is 53.6 Å². The molecule has 232 valence electrons. The Bertz CT molecular complexity index is 2400. The lowest BCUT2D eigenvalue weighted by atomic mass is 9.98. The van der Waals surface area contributed by atoms with E-state index in [0.717, 1.165) is 28.1 Å². The van der Waals surface area contributed by atoms with E-state index >= 15 is 0 Å². The number of hydrogen-bond donors (Lipinski definition) is 0. The molecule has 0 aliphatic carbocycles. The van der Waals surface area contributed by atoms with Crippen LogP contribution >= 0.6 is 0 Å². The Labute approximate surface area is 272 Å². The zero-order chi connectivity index (χ0) is 32.8. The van der Waals surface area contributed by atoms with Crippen LogP contribution < -0.4 is 0 Å². The van der Waals surface area contributed by atoms with Crippen molar-refractivity contribution >= 4 is 21.8 Å². The molecular formula is C40H24F4N4. The monoisotopic (exact) mass is 636 g/mol. The lowest BCUT2D eigenvalue weighted by Crippen LogP contribution is -2.05. The molecule has 6 aromatic carbocycles. The van der Waals surface area contributed by atoms with Crippen molar-refractivity contribution in [1.29, 1.82) is 0 Å². The van der Waals surface area contributed by atoms with Crippen molar-refractivity contribution in [1.82, 2.24) is 19.5 Å². The van der Waals surface area contributed by atoms with Crippen LogP contribution in [0.15, 0.2) is 146 Å². The molecule has 8 rings (SSSR count). The average Bonchev–Trinajstić information content (AvgIpc) is 3.45. The maximum absolute atomic E-state index is 14.6. The van der Waals surface area contributed by atoms with Crippen molar-refractivity contribution < 1.29 is 17.6 Å². The van der Waals surface area contributed by atoms with E-state index in [4.69, 9.17) is 15.0 Å². The van der Waals surface area contributed by atoms with E-state index < -0.39 is 17.6 Å². The highest BCUT2D eigenvalue weighted by atomic mass is 19.4. The van der Waals surface area contributed by atoms with E-state index in [-0.39, 0.29) is 0 Å². The van der Waals surface area contributed by atoms with Crippen LogP contribution in [0.1, 0.15) is 5.56 Å². The predicted molar refractivity (Wildman–Crippen MR) is 181 cm³/mol. The molecule has 0 fully saturated rings. The van der Waals surface area contributed by atoms with Gasteiger partial charge in [0.25, 0.3) is 0 Å². The van der Waals surface area contributed by atoms with Crippen LogP contribution in [0, 0.1) is 5.82 Å². The molecule has 0 aliphatic rings. The molecule has 0 N–H and O–H groups in total. The third-order valence-electron chi connectivity index (χ3n) is 8.34. The van der Waals surface area contributed by atoms with E-state index in [0.29, 0.717) is 50.8 Å².